The smallest absolute Gasteiger partial charge is 0.244 e. The highest BCUT2D eigenvalue weighted by atomic mass is 32.2. The highest BCUT2D eigenvalue weighted by Gasteiger charge is 2.30. The zero-order valence-electron chi connectivity index (χ0n) is 21.3. The van der Waals surface area contributed by atoms with Gasteiger partial charge in [-0.05, 0) is 75.4 Å². The highest BCUT2D eigenvalue weighted by Crippen LogP contribution is 2.22. The number of carbonyl (C=O) groups is 2. The lowest BCUT2D eigenvalue weighted by Gasteiger charge is -2.32. The van der Waals surface area contributed by atoms with Crippen LogP contribution in [0.15, 0.2) is 42.5 Å². The second-order valence-corrected chi connectivity index (χ2v) is 11.0. The second-order valence-electron chi connectivity index (χ2n) is 9.06. The van der Waals surface area contributed by atoms with Gasteiger partial charge in [0.2, 0.25) is 21.8 Å². The number of aryl methyl sites for hydroxylation is 3. The minimum absolute atomic E-state index is 0.0341. The minimum Gasteiger partial charge on any atom is -0.352 e. The molecule has 0 heterocycles. The molecule has 0 aromatic heterocycles. The van der Waals surface area contributed by atoms with Crippen LogP contribution in [0.5, 0.6) is 0 Å². The molecule has 0 fully saturated rings. The Morgan fingerprint density at radius 2 is 1.59 bits per heavy atom. The Hall–Kier alpha value is -2.87. The average molecular weight is 488 g/mol. The summed E-state index contributed by atoms with van der Waals surface area (Å²) >= 11 is 0. The van der Waals surface area contributed by atoms with Crippen molar-refractivity contribution in [1.82, 2.24) is 10.2 Å². The van der Waals surface area contributed by atoms with Crippen molar-refractivity contribution in [3.05, 3.63) is 64.7 Å². The second kappa shape index (κ2) is 11.5. The first-order valence-corrected chi connectivity index (χ1v) is 13.4. The van der Waals surface area contributed by atoms with E-state index in [0.717, 1.165) is 39.2 Å². The van der Waals surface area contributed by atoms with Crippen LogP contribution in [0.3, 0.4) is 0 Å². The minimum atomic E-state index is -3.74. The summed E-state index contributed by atoms with van der Waals surface area (Å²) in [6.45, 7) is 11.1. The van der Waals surface area contributed by atoms with Gasteiger partial charge in [-0.25, -0.2) is 8.42 Å². The number of rotatable bonds is 10. The third-order valence-corrected chi connectivity index (χ3v) is 7.08. The van der Waals surface area contributed by atoms with Crippen LogP contribution in [0.1, 0.15) is 49.4 Å². The van der Waals surface area contributed by atoms with Gasteiger partial charge in [0, 0.05) is 12.6 Å². The van der Waals surface area contributed by atoms with Crippen LogP contribution in [0, 0.1) is 20.8 Å². The van der Waals surface area contributed by atoms with Crippen molar-refractivity contribution in [3.8, 4) is 0 Å². The Labute approximate surface area is 204 Å². The molecule has 2 unspecified atom stereocenters. The third-order valence-electron chi connectivity index (χ3n) is 5.94. The van der Waals surface area contributed by atoms with Crippen molar-refractivity contribution in [3.63, 3.8) is 0 Å². The molecule has 0 radical (unpaired) electrons. The topological polar surface area (TPSA) is 86.8 Å². The molecule has 0 spiro atoms. The van der Waals surface area contributed by atoms with E-state index >= 15 is 0 Å². The number of hydrogen-bond acceptors (Lipinski definition) is 4. The number of anilines is 1. The summed E-state index contributed by atoms with van der Waals surface area (Å²) in [6.07, 6.45) is 1.85. The van der Waals surface area contributed by atoms with Crippen molar-refractivity contribution in [2.45, 2.75) is 66.6 Å². The van der Waals surface area contributed by atoms with Crippen LogP contribution < -0.4 is 9.62 Å². The number of hydrogen-bond donors (Lipinski definition) is 1. The molecule has 0 aliphatic rings. The Bertz CT molecular complexity index is 1110. The monoisotopic (exact) mass is 487 g/mol. The molecular formula is C26H37N3O4S. The first-order valence-electron chi connectivity index (χ1n) is 11.5. The van der Waals surface area contributed by atoms with Gasteiger partial charge in [-0.3, -0.25) is 13.9 Å². The molecule has 2 aromatic carbocycles. The fraction of sp³-hybridized carbons (Fsp3) is 0.462. The Balaban J connectivity index is 2.43. The normalized spacial score (nSPS) is 13.1. The van der Waals surface area contributed by atoms with Gasteiger partial charge in [-0.2, -0.15) is 0 Å². The Morgan fingerprint density at radius 1 is 1.00 bits per heavy atom. The van der Waals surface area contributed by atoms with Crippen LogP contribution >= 0.6 is 0 Å². The van der Waals surface area contributed by atoms with E-state index in [1.54, 1.807) is 19.1 Å². The molecule has 0 saturated heterocycles. The fourth-order valence-electron chi connectivity index (χ4n) is 3.73. The van der Waals surface area contributed by atoms with Crippen LogP contribution in [-0.2, 0) is 26.2 Å². The SMILES string of the molecule is CCC(C)NC(=O)C(C)N(Cc1ccccc1C)C(=O)CN(c1cc(C)cc(C)c1)S(C)(=O)=O. The van der Waals surface area contributed by atoms with E-state index in [1.165, 1.54) is 4.90 Å². The molecule has 0 bridgehead atoms. The van der Waals surface area contributed by atoms with Crippen molar-refractivity contribution in [2.75, 3.05) is 17.1 Å². The molecule has 8 heteroatoms. The Kier molecular flexibility index (Phi) is 9.27. The summed E-state index contributed by atoms with van der Waals surface area (Å²) in [7, 11) is -3.74. The maximum atomic E-state index is 13.6. The Morgan fingerprint density at radius 3 is 2.12 bits per heavy atom. The zero-order chi connectivity index (χ0) is 25.6. The molecule has 2 amide bonds. The van der Waals surface area contributed by atoms with Crippen molar-refractivity contribution >= 4 is 27.5 Å². The van der Waals surface area contributed by atoms with Gasteiger partial charge < -0.3 is 10.2 Å². The van der Waals surface area contributed by atoms with Gasteiger partial charge in [-0.1, -0.05) is 37.3 Å². The van der Waals surface area contributed by atoms with Gasteiger partial charge in [0.05, 0.1) is 11.9 Å². The van der Waals surface area contributed by atoms with E-state index in [1.807, 2.05) is 65.0 Å². The maximum absolute atomic E-state index is 13.6. The van der Waals surface area contributed by atoms with Gasteiger partial charge in [0.25, 0.3) is 0 Å². The van der Waals surface area contributed by atoms with E-state index in [-0.39, 0.29) is 18.5 Å². The summed E-state index contributed by atoms with van der Waals surface area (Å²) in [5.41, 5.74) is 4.12. The summed E-state index contributed by atoms with van der Waals surface area (Å²) < 4.78 is 26.5. The maximum Gasteiger partial charge on any atom is 0.244 e. The van der Waals surface area contributed by atoms with Crippen molar-refractivity contribution in [1.29, 1.82) is 0 Å². The standard InChI is InChI=1S/C26H37N3O4S/c1-8-21(5)27-26(31)22(6)28(16-23-12-10-9-11-20(23)4)25(30)17-29(34(7,32)33)24-14-18(2)13-19(3)15-24/h9-15,21-22H,8,16-17H2,1-7H3,(H,27,31). The number of nitrogens with zero attached hydrogens (tertiary/aromatic N) is 2. The first kappa shape index (κ1) is 27.4. The molecule has 0 saturated carbocycles. The van der Waals surface area contributed by atoms with Crippen LogP contribution in [0.2, 0.25) is 0 Å². The largest absolute Gasteiger partial charge is 0.352 e. The quantitative estimate of drug-likeness (QED) is 0.554. The number of benzene rings is 2. The molecule has 2 rings (SSSR count). The lowest BCUT2D eigenvalue weighted by molar-refractivity contribution is -0.139. The predicted molar refractivity (Wildman–Crippen MR) is 137 cm³/mol. The molecule has 2 atom stereocenters. The van der Waals surface area contributed by atoms with Crippen molar-refractivity contribution < 1.29 is 18.0 Å². The number of amides is 2. The van der Waals surface area contributed by atoms with Gasteiger partial charge in [0.15, 0.2) is 0 Å². The lowest BCUT2D eigenvalue weighted by atomic mass is 10.1. The van der Waals surface area contributed by atoms with Crippen molar-refractivity contribution in [2.24, 2.45) is 0 Å². The predicted octanol–water partition coefficient (Wildman–Crippen LogP) is 3.71. The molecule has 0 aliphatic heterocycles. The summed E-state index contributed by atoms with van der Waals surface area (Å²) in [6, 6.07) is 12.3. The van der Waals surface area contributed by atoms with E-state index in [9.17, 15) is 18.0 Å². The van der Waals surface area contributed by atoms with Crippen LogP contribution in [0.25, 0.3) is 0 Å². The van der Waals surface area contributed by atoms with Gasteiger partial charge in [-0.15, -0.1) is 0 Å². The molecular weight excluding hydrogens is 450 g/mol. The average Bonchev–Trinajstić information content (AvgIpc) is 2.74. The van der Waals surface area contributed by atoms with Gasteiger partial charge in [0.1, 0.15) is 12.6 Å². The molecule has 34 heavy (non-hydrogen) atoms. The molecule has 2 aromatic rings. The summed E-state index contributed by atoms with van der Waals surface area (Å²) in [4.78, 5) is 28.0. The van der Waals surface area contributed by atoms with E-state index < -0.39 is 28.5 Å². The number of nitrogens with one attached hydrogen (secondary N) is 1. The summed E-state index contributed by atoms with van der Waals surface area (Å²) in [5.74, 6) is -0.715. The molecule has 0 aliphatic carbocycles. The lowest BCUT2D eigenvalue weighted by Crippen LogP contribution is -2.52. The molecule has 1 N–H and O–H groups in total. The van der Waals surface area contributed by atoms with E-state index in [0.29, 0.717) is 5.69 Å². The van der Waals surface area contributed by atoms with Gasteiger partial charge >= 0.3 is 0 Å². The first-order chi connectivity index (χ1) is 15.8. The fourth-order valence-corrected chi connectivity index (χ4v) is 4.56. The molecule has 186 valence electrons. The highest BCUT2D eigenvalue weighted by molar-refractivity contribution is 7.92. The van der Waals surface area contributed by atoms with Crippen LogP contribution in [0.4, 0.5) is 5.69 Å². The molecule has 7 nitrogen and oxygen atoms in total. The summed E-state index contributed by atoms with van der Waals surface area (Å²) in [5, 5.41) is 2.93. The zero-order valence-corrected chi connectivity index (χ0v) is 22.1. The third kappa shape index (κ3) is 7.32. The van der Waals surface area contributed by atoms with Crippen LogP contribution in [-0.4, -0.2) is 50.0 Å². The number of carbonyl (C=O) groups excluding carboxylic acids is 2. The number of sulfonamides is 1. The van der Waals surface area contributed by atoms with E-state index in [2.05, 4.69) is 5.32 Å². The van der Waals surface area contributed by atoms with E-state index in [4.69, 9.17) is 0 Å².